The summed E-state index contributed by atoms with van der Waals surface area (Å²) in [6.45, 7) is 0.508. The largest absolute Gasteiger partial charge is 0.489 e. The molecule has 4 rings (SSSR count). The van der Waals surface area contributed by atoms with E-state index in [-0.39, 0.29) is 5.56 Å². The van der Waals surface area contributed by atoms with Gasteiger partial charge in [-0.3, -0.25) is 4.79 Å². The molecule has 0 atom stereocenters. The second-order valence-corrected chi connectivity index (χ2v) is 6.23. The van der Waals surface area contributed by atoms with Crippen molar-refractivity contribution in [1.82, 2.24) is 14.6 Å². The predicted octanol–water partition coefficient (Wildman–Crippen LogP) is 2.28. The molecule has 2 aromatic heterocycles. The highest BCUT2D eigenvalue weighted by molar-refractivity contribution is 7.15. The zero-order valence-corrected chi connectivity index (χ0v) is 13.4. The van der Waals surface area contributed by atoms with E-state index in [1.165, 1.54) is 22.2 Å². The second-order valence-electron chi connectivity index (χ2n) is 5.22. The van der Waals surface area contributed by atoms with Gasteiger partial charge in [0.05, 0.1) is 4.53 Å². The molecule has 0 fully saturated rings. The molecule has 0 radical (unpaired) electrons. The molecule has 0 saturated carbocycles. The number of aromatic nitrogens is 3. The van der Waals surface area contributed by atoms with Gasteiger partial charge in [0.25, 0.3) is 5.56 Å². The minimum atomic E-state index is -0.150. The lowest BCUT2D eigenvalue weighted by molar-refractivity contribution is 0.306. The highest BCUT2D eigenvalue weighted by atomic mass is 32.1. The van der Waals surface area contributed by atoms with Crippen LogP contribution in [-0.2, 0) is 6.61 Å². The molecule has 118 valence electrons. The van der Waals surface area contributed by atoms with Crippen LogP contribution in [0.1, 0.15) is 11.1 Å². The summed E-state index contributed by atoms with van der Waals surface area (Å²) in [7, 11) is 0. The summed E-state index contributed by atoms with van der Waals surface area (Å²) in [6.07, 6.45) is 3.22. The molecule has 2 aromatic carbocycles. The molecule has 2 heterocycles. The number of nitrogens with zero attached hydrogens (tertiary/aromatic N) is 3. The summed E-state index contributed by atoms with van der Waals surface area (Å²) in [5.41, 5.74) is 1.87. The third kappa shape index (κ3) is 2.91. The third-order valence-corrected chi connectivity index (χ3v) is 4.50. The summed E-state index contributed by atoms with van der Waals surface area (Å²) >= 11 is 1.32. The first-order valence-electron chi connectivity index (χ1n) is 7.41. The zero-order chi connectivity index (χ0) is 16.4. The third-order valence-electron chi connectivity index (χ3n) is 3.53. The molecule has 0 aliphatic heterocycles. The molecule has 0 aliphatic carbocycles. The van der Waals surface area contributed by atoms with Crippen LogP contribution < -0.4 is 14.8 Å². The Kier molecular flexibility index (Phi) is 3.80. The van der Waals surface area contributed by atoms with Crippen LogP contribution in [0.4, 0.5) is 0 Å². The number of benzene rings is 2. The monoisotopic (exact) mass is 335 g/mol. The average Bonchev–Trinajstić information content (AvgIpc) is 3.18. The van der Waals surface area contributed by atoms with Crippen molar-refractivity contribution in [2.45, 2.75) is 6.61 Å². The van der Waals surface area contributed by atoms with Gasteiger partial charge in [0.15, 0.2) is 0 Å². The van der Waals surface area contributed by atoms with Crippen molar-refractivity contribution in [3.05, 3.63) is 86.9 Å². The Morgan fingerprint density at radius 2 is 2.00 bits per heavy atom. The van der Waals surface area contributed by atoms with Crippen molar-refractivity contribution in [1.29, 1.82) is 0 Å². The normalized spacial score (nSPS) is 11.9. The summed E-state index contributed by atoms with van der Waals surface area (Å²) in [5.74, 6) is 0.763. The Morgan fingerprint density at radius 3 is 2.83 bits per heavy atom. The standard InChI is InChI=1S/C18H13N3O2S/c22-17-16(24-18-19-12-20-21(17)18)10-14-7-4-8-15(9-14)23-11-13-5-2-1-3-6-13/h1-10,12H,11H2/b16-10-. The highest BCUT2D eigenvalue weighted by Gasteiger charge is 2.05. The summed E-state index contributed by atoms with van der Waals surface area (Å²) in [5, 5.41) is 3.92. The molecule has 0 spiro atoms. The lowest BCUT2D eigenvalue weighted by Gasteiger charge is -2.06. The Labute approximate surface area is 141 Å². The summed E-state index contributed by atoms with van der Waals surface area (Å²) < 4.78 is 7.73. The van der Waals surface area contributed by atoms with Crippen LogP contribution in [0.3, 0.4) is 0 Å². The van der Waals surface area contributed by atoms with Crippen molar-refractivity contribution in [3.63, 3.8) is 0 Å². The molecule has 0 aliphatic rings. The van der Waals surface area contributed by atoms with E-state index in [2.05, 4.69) is 10.1 Å². The minimum absolute atomic E-state index is 0.150. The molecule has 0 saturated heterocycles. The van der Waals surface area contributed by atoms with E-state index in [1.54, 1.807) is 0 Å². The van der Waals surface area contributed by atoms with E-state index >= 15 is 0 Å². The zero-order valence-electron chi connectivity index (χ0n) is 12.6. The van der Waals surface area contributed by atoms with Crippen LogP contribution in [0.25, 0.3) is 11.0 Å². The van der Waals surface area contributed by atoms with Gasteiger partial charge < -0.3 is 4.74 Å². The molecule has 0 N–H and O–H groups in total. The second kappa shape index (κ2) is 6.25. The number of fused-ring (bicyclic) bond motifs is 1. The van der Waals surface area contributed by atoms with Gasteiger partial charge in [-0.15, -0.1) is 0 Å². The van der Waals surface area contributed by atoms with Gasteiger partial charge >= 0.3 is 0 Å². The predicted molar refractivity (Wildman–Crippen MR) is 93.1 cm³/mol. The van der Waals surface area contributed by atoms with Crippen molar-refractivity contribution >= 4 is 22.4 Å². The van der Waals surface area contributed by atoms with Crippen molar-refractivity contribution < 1.29 is 4.74 Å². The average molecular weight is 335 g/mol. The molecule has 5 nitrogen and oxygen atoms in total. The lowest BCUT2D eigenvalue weighted by Crippen LogP contribution is -2.23. The van der Waals surface area contributed by atoms with Crippen LogP contribution in [-0.4, -0.2) is 14.6 Å². The van der Waals surface area contributed by atoms with Crippen LogP contribution in [0.15, 0.2) is 65.7 Å². The van der Waals surface area contributed by atoms with E-state index in [4.69, 9.17) is 4.74 Å². The van der Waals surface area contributed by atoms with Gasteiger partial charge in [-0.25, -0.2) is 4.98 Å². The van der Waals surface area contributed by atoms with Crippen molar-refractivity contribution in [2.75, 3.05) is 0 Å². The molecule has 4 aromatic rings. The molecule has 0 unspecified atom stereocenters. The van der Waals surface area contributed by atoms with E-state index in [0.717, 1.165) is 16.9 Å². The van der Waals surface area contributed by atoms with Gasteiger partial charge in [-0.2, -0.15) is 9.61 Å². The van der Waals surface area contributed by atoms with E-state index in [9.17, 15) is 4.79 Å². The topological polar surface area (TPSA) is 56.5 Å². The quantitative estimate of drug-likeness (QED) is 0.574. The maximum atomic E-state index is 12.2. The fourth-order valence-corrected chi connectivity index (χ4v) is 3.25. The van der Waals surface area contributed by atoms with Gasteiger partial charge in [-0.05, 0) is 29.3 Å². The Bertz CT molecular complexity index is 1090. The first-order valence-corrected chi connectivity index (χ1v) is 8.22. The van der Waals surface area contributed by atoms with Gasteiger partial charge in [0, 0.05) is 0 Å². The van der Waals surface area contributed by atoms with E-state index in [0.29, 0.717) is 16.1 Å². The summed E-state index contributed by atoms with van der Waals surface area (Å²) in [4.78, 5) is 16.8. The molecule has 24 heavy (non-hydrogen) atoms. The van der Waals surface area contributed by atoms with Crippen LogP contribution >= 0.6 is 11.3 Å². The van der Waals surface area contributed by atoms with Gasteiger partial charge in [-0.1, -0.05) is 53.8 Å². The molecule has 0 bridgehead atoms. The smallest absolute Gasteiger partial charge is 0.291 e. The molecular formula is C18H13N3O2S. The Hall–Kier alpha value is -2.99. The summed E-state index contributed by atoms with van der Waals surface area (Å²) in [6, 6.07) is 17.7. The van der Waals surface area contributed by atoms with E-state index < -0.39 is 0 Å². The number of hydrogen-bond donors (Lipinski definition) is 0. The van der Waals surface area contributed by atoms with Crippen molar-refractivity contribution in [3.8, 4) is 5.75 Å². The van der Waals surface area contributed by atoms with Crippen LogP contribution in [0.5, 0.6) is 5.75 Å². The lowest BCUT2D eigenvalue weighted by atomic mass is 10.2. The van der Waals surface area contributed by atoms with Crippen LogP contribution in [0.2, 0.25) is 0 Å². The number of ether oxygens (including phenoxy) is 1. The number of thiazole rings is 1. The van der Waals surface area contributed by atoms with Crippen LogP contribution in [0, 0.1) is 0 Å². The number of rotatable bonds is 4. The first-order chi connectivity index (χ1) is 11.8. The molecule has 0 amide bonds. The minimum Gasteiger partial charge on any atom is -0.489 e. The van der Waals surface area contributed by atoms with Gasteiger partial charge in [0.1, 0.15) is 18.7 Å². The number of hydrogen-bond acceptors (Lipinski definition) is 5. The maximum absolute atomic E-state index is 12.2. The van der Waals surface area contributed by atoms with Gasteiger partial charge in [0.2, 0.25) is 4.96 Å². The molecule has 6 heteroatoms. The van der Waals surface area contributed by atoms with Crippen molar-refractivity contribution in [2.24, 2.45) is 0 Å². The maximum Gasteiger partial charge on any atom is 0.291 e. The fourth-order valence-electron chi connectivity index (χ4n) is 2.36. The Balaban J connectivity index is 1.60. The first kappa shape index (κ1) is 14.6. The van der Waals surface area contributed by atoms with E-state index in [1.807, 2.05) is 60.7 Å². The fraction of sp³-hybridized carbons (Fsp3) is 0.0556. The SMILES string of the molecule is O=c1/c(=C/c2cccc(OCc3ccccc3)c2)sc2ncnn12. The Morgan fingerprint density at radius 1 is 1.12 bits per heavy atom. The molecular weight excluding hydrogens is 322 g/mol. The highest BCUT2D eigenvalue weighted by Crippen LogP contribution is 2.15.